The maximum absolute atomic E-state index is 12.0. The fraction of sp³-hybridized carbons (Fsp3) is 0.214. The monoisotopic (exact) mass is 275 g/mol. The Hall–Kier alpha value is -1.94. The van der Waals surface area contributed by atoms with Crippen LogP contribution >= 0.6 is 11.6 Å². The molecule has 19 heavy (non-hydrogen) atoms. The van der Waals surface area contributed by atoms with Crippen molar-refractivity contribution in [1.29, 1.82) is 0 Å². The molecule has 0 unspecified atom stereocenters. The predicted molar refractivity (Wildman–Crippen MR) is 75.3 cm³/mol. The SMILES string of the molecule is Cc1cccnc1CC(=O)Nc1c(C)ccnc1Cl. The first-order valence-electron chi connectivity index (χ1n) is 5.89. The maximum Gasteiger partial charge on any atom is 0.230 e. The molecule has 0 aromatic carbocycles. The van der Waals surface area contributed by atoms with E-state index in [0.29, 0.717) is 10.8 Å². The van der Waals surface area contributed by atoms with Crippen molar-refractivity contribution in [1.82, 2.24) is 9.97 Å². The molecule has 0 aliphatic heterocycles. The summed E-state index contributed by atoms with van der Waals surface area (Å²) >= 11 is 5.97. The van der Waals surface area contributed by atoms with E-state index >= 15 is 0 Å². The van der Waals surface area contributed by atoms with Gasteiger partial charge in [-0.15, -0.1) is 0 Å². The molecular formula is C14H14ClN3O. The van der Waals surface area contributed by atoms with Gasteiger partial charge >= 0.3 is 0 Å². The van der Waals surface area contributed by atoms with E-state index in [-0.39, 0.29) is 12.3 Å². The smallest absolute Gasteiger partial charge is 0.230 e. The Kier molecular flexibility index (Phi) is 4.12. The summed E-state index contributed by atoms with van der Waals surface area (Å²) in [4.78, 5) is 20.1. The number of carbonyl (C=O) groups excluding carboxylic acids is 1. The molecule has 2 aromatic heterocycles. The Morgan fingerprint density at radius 2 is 2.00 bits per heavy atom. The molecule has 1 amide bonds. The van der Waals surface area contributed by atoms with Gasteiger partial charge in [-0.05, 0) is 37.1 Å². The summed E-state index contributed by atoms with van der Waals surface area (Å²) in [6.07, 6.45) is 3.51. The first-order valence-corrected chi connectivity index (χ1v) is 6.27. The Morgan fingerprint density at radius 1 is 1.21 bits per heavy atom. The van der Waals surface area contributed by atoms with Crippen LogP contribution in [0.1, 0.15) is 16.8 Å². The van der Waals surface area contributed by atoms with Gasteiger partial charge in [0.2, 0.25) is 5.91 Å². The van der Waals surface area contributed by atoms with Gasteiger partial charge in [0.1, 0.15) is 0 Å². The average Bonchev–Trinajstić information content (AvgIpc) is 2.37. The fourth-order valence-corrected chi connectivity index (χ4v) is 1.97. The summed E-state index contributed by atoms with van der Waals surface area (Å²) in [5.74, 6) is -0.153. The maximum atomic E-state index is 12.0. The molecule has 0 radical (unpaired) electrons. The molecule has 4 nitrogen and oxygen atoms in total. The molecular weight excluding hydrogens is 262 g/mol. The van der Waals surface area contributed by atoms with E-state index in [1.807, 2.05) is 26.0 Å². The summed E-state index contributed by atoms with van der Waals surface area (Å²) in [7, 11) is 0. The molecule has 2 heterocycles. The fourth-order valence-electron chi connectivity index (χ4n) is 1.71. The quantitative estimate of drug-likeness (QED) is 0.876. The molecule has 98 valence electrons. The Labute approximate surface area is 116 Å². The highest BCUT2D eigenvalue weighted by Crippen LogP contribution is 2.22. The lowest BCUT2D eigenvalue weighted by molar-refractivity contribution is -0.115. The van der Waals surface area contributed by atoms with Gasteiger partial charge in [-0.25, -0.2) is 4.98 Å². The molecule has 0 bridgehead atoms. The molecule has 1 N–H and O–H groups in total. The van der Waals surface area contributed by atoms with Crippen LogP contribution in [-0.2, 0) is 11.2 Å². The van der Waals surface area contributed by atoms with Crippen LogP contribution in [0.2, 0.25) is 5.15 Å². The van der Waals surface area contributed by atoms with Crippen LogP contribution in [0.3, 0.4) is 0 Å². The van der Waals surface area contributed by atoms with E-state index in [4.69, 9.17) is 11.6 Å². The van der Waals surface area contributed by atoms with Gasteiger partial charge in [0, 0.05) is 12.4 Å². The molecule has 2 aromatic rings. The van der Waals surface area contributed by atoms with Crippen LogP contribution in [0.25, 0.3) is 0 Å². The predicted octanol–water partition coefficient (Wildman–Crippen LogP) is 2.93. The normalized spacial score (nSPS) is 10.3. The number of aryl methyl sites for hydroxylation is 2. The standard InChI is InChI=1S/C14H14ClN3O/c1-9-4-3-6-16-11(9)8-12(19)18-13-10(2)5-7-17-14(13)15/h3-7H,8H2,1-2H3,(H,18,19). The van der Waals surface area contributed by atoms with Crippen LogP contribution in [0.4, 0.5) is 5.69 Å². The van der Waals surface area contributed by atoms with Gasteiger partial charge in [-0.2, -0.15) is 0 Å². The average molecular weight is 276 g/mol. The molecule has 0 spiro atoms. The second-order valence-electron chi connectivity index (χ2n) is 4.29. The lowest BCUT2D eigenvalue weighted by Crippen LogP contribution is -2.17. The number of halogens is 1. The summed E-state index contributed by atoms with van der Waals surface area (Å²) < 4.78 is 0. The third kappa shape index (κ3) is 3.29. The number of pyridine rings is 2. The zero-order valence-corrected chi connectivity index (χ0v) is 11.5. The highest BCUT2D eigenvalue weighted by Gasteiger charge is 2.11. The molecule has 0 fully saturated rings. The zero-order chi connectivity index (χ0) is 13.8. The molecule has 0 saturated carbocycles. The first kappa shape index (κ1) is 13.5. The van der Waals surface area contributed by atoms with Crippen molar-refractivity contribution in [2.45, 2.75) is 20.3 Å². The summed E-state index contributed by atoms with van der Waals surface area (Å²) in [5.41, 5.74) is 3.19. The Morgan fingerprint density at radius 3 is 2.68 bits per heavy atom. The number of rotatable bonds is 3. The number of amides is 1. The van der Waals surface area contributed by atoms with E-state index in [9.17, 15) is 4.79 Å². The third-order valence-electron chi connectivity index (χ3n) is 2.82. The van der Waals surface area contributed by atoms with Crippen LogP contribution in [0, 0.1) is 13.8 Å². The molecule has 2 rings (SSSR count). The number of hydrogen-bond donors (Lipinski definition) is 1. The van der Waals surface area contributed by atoms with Crippen molar-refractivity contribution in [2.24, 2.45) is 0 Å². The van der Waals surface area contributed by atoms with Gasteiger partial charge in [0.25, 0.3) is 0 Å². The van der Waals surface area contributed by atoms with Crippen molar-refractivity contribution >= 4 is 23.2 Å². The van der Waals surface area contributed by atoms with E-state index < -0.39 is 0 Å². The Bertz CT molecular complexity index is 593. The van der Waals surface area contributed by atoms with Gasteiger partial charge < -0.3 is 5.32 Å². The number of nitrogens with zero attached hydrogens (tertiary/aromatic N) is 2. The van der Waals surface area contributed by atoms with Gasteiger partial charge in [0.15, 0.2) is 5.15 Å². The summed E-state index contributed by atoms with van der Waals surface area (Å²) in [5, 5.41) is 3.08. The molecule has 0 aliphatic rings. The van der Waals surface area contributed by atoms with Crippen molar-refractivity contribution in [2.75, 3.05) is 5.32 Å². The van der Waals surface area contributed by atoms with E-state index in [0.717, 1.165) is 16.8 Å². The van der Waals surface area contributed by atoms with Gasteiger partial charge in [-0.1, -0.05) is 17.7 Å². The van der Waals surface area contributed by atoms with Crippen molar-refractivity contribution in [3.8, 4) is 0 Å². The van der Waals surface area contributed by atoms with Gasteiger partial charge in [-0.3, -0.25) is 9.78 Å². The lowest BCUT2D eigenvalue weighted by Gasteiger charge is -2.10. The zero-order valence-electron chi connectivity index (χ0n) is 10.8. The minimum absolute atomic E-state index is 0.153. The molecule has 0 saturated heterocycles. The molecule has 0 aliphatic carbocycles. The summed E-state index contributed by atoms with van der Waals surface area (Å²) in [6, 6.07) is 5.57. The number of carbonyl (C=O) groups is 1. The number of nitrogens with one attached hydrogen (secondary N) is 1. The van der Waals surface area contributed by atoms with Crippen molar-refractivity contribution < 1.29 is 4.79 Å². The van der Waals surface area contributed by atoms with E-state index in [2.05, 4.69) is 15.3 Å². The number of aromatic nitrogens is 2. The minimum atomic E-state index is -0.153. The number of anilines is 1. The molecule has 0 atom stereocenters. The van der Waals surface area contributed by atoms with Crippen LogP contribution in [-0.4, -0.2) is 15.9 Å². The van der Waals surface area contributed by atoms with Crippen molar-refractivity contribution in [3.05, 3.63) is 52.6 Å². The lowest BCUT2D eigenvalue weighted by atomic mass is 10.1. The topological polar surface area (TPSA) is 54.9 Å². The second-order valence-corrected chi connectivity index (χ2v) is 4.64. The first-order chi connectivity index (χ1) is 9.08. The Balaban J connectivity index is 2.12. The van der Waals surface area contributed by atoms with Gasteiger partial charge in [0.05, 0.1) is 17.8 Å². The second kappa shape index (κ2) is 5.80. The van der Waals surface area contributed by atoms with Crippen LogP contribution in [0.15, 0.2) is 30.6 Å². The minimum Gasteiger partial charge on any atom is -0.323 e. The van der Waals surface area contributed by atoms with Crippen LogP contribution in [0.5, 0.6) is 0 Å². The number of hydrogen-bond acceptors (Lipinski definition) is 3. The highest BCUT2D eigenvalue weighted by molar-refractivity contribution is 6.32. The van der Waals surface area contributed by atoms with Crippen LogP contribution < -0.4 is 5.32 Å². The highest BCUT2D eigenvalue weighted by atomic mass is 35.5. The third-order valence-corrected chi connectivity index (χ3v) is 3.11. The van der Waals surface area contributed by atoms with E-state index in [1.165, 1.54) is 0 Å². The summed E-state index contributed by atoms with van der Waals surface area (Å²) in [6.45, 7) is 3.80. The molecule has 5 heteroatoms. The van der Waals surface area contributed by atoms with Crippen molar-refractivity contribution in [3.63, 3.8) is 0 Å². The van der Waals surface area contributed by atoms with E-state index in [1.54, 1.807) is 18.5 Å². The largest absolute Gasteiger partial charge is 0.323 e.